The highest BCUT2D eigenvalue weighted by Crippen LogP contribution is 2.19. The molecule has 0 radical (unpaired) electrons. The highest BCUT2D eigenvalue weighted by atomic mass is 16.2. The summed E-state index contributed by atoms with van der Waals surface area (Å²) in [5.74, 6) is 0.00755. The van der Waals surface area contributed by atoms with Crippen molar-refractivity contribution in [2.45, 2.75) is 13.8 Å². The van der Waals surface area contributed by atoms with Crippen LogP contribution in [-0.4, -0.2) is 22.6 Å². The lowest BCUT2D eigenvalue weighted by Gasteiger charge is -2.10. The van der Waals surface area contributed by atoms with Crippen molar-refractivity contribution < 1.29 is 14.4 Å². The Morgan fingerprint density at radius 1 is 0.759 bits per heavy atom. The average Bonchev–Trinajstić information content (AvgIpc) is 2.68. The lowest BCUT2D eigenvalue weighted by atomic mass is 10.1. The van der Waals surface area contributed by atoms with Crippen LogP contribution in [0.3, 0.4) is 0 Å². The van der Waals surface area contributed by atoms with Crippen LogP contribution in [0.1, 0.15) is 34.6 Å². The number of hydrogen-bond acceptors (Lipinski definition) is 5. The molecule has 2 amide bonds. The number of pyridine rings is 1. The minimum Gasteiger partial charge on any atom is -0.340 e. The second kappa shape index (κ2) is 8.79. The Labute approximate surface area is 168 Å². The number of rotatable bonds is 6. The number of ketones is 1. The first kappa shape index (κ1) is 19.8. The van der Waals surface area contributed by atoms with E-state index in [-0.39, 0.29) is 17.6 Å². The number of carbonyl (C=O) groups excluding carboxylic acids is 3. The second-order valence-corrected chi connectivity index (χ2v) is 6.40. The second-order valence-electron chi connectivity index (χ2n) is 6.40. The first-order valence-corrected chi connectivity index (χ1v) is 8.94. The summed E-state index contributed by atoms with van der Waals surface area (Å²) in [7, 11) is 0. The third kappa shape index (κ3) is 5.49. The molecule has 0 fully saturated rings. The minimum atomic E-state index is -0.303. The number of hydrogen-bond donors (Lipinski definition) is 3. The van der Waals surface area contributed by atoms with Crippen LogP contribution in [0.25, 0.3) is 0 Å². The molecule has 0 aliphatic carbocycles. The largest absolute Gasteiger partial charge is 0.340 e. The maximum Gasteiger partial charge on any atom is 0.255 e. The number of nitrogens with zero attached hydrogens (tertiary/aromatic N) is 1. The standard InChI is InChI=1S/C22H20N4O3/c1-14(27)16-6-8-18(9-7-16)25-21-12-17(10-11-23-21)22(29)26-20-5-3-4-19(13-20)24-15(2)28/h3-13H,1-2H3,(H,23,25)(H,24,28)(H,26,29). The van der Waals surface area contributed by atoms with Crippen molar-refractivity contribution in [3.8, 4) is 0 Å². The molecule has 0 aliphatic heterocycles. The van der Waals surface area contributed by atoms with Crippen LogP contribution < -0.4 is 16.0 Å². The van der Waals surface area contributed by atoms with Gasteiger partial charge in [0.1, 0.15) is 5.82 Å². The summed E-state index contributed by atoms with van der Waals surface area (Å²) in [6, 6.07) is 17.1. The van der Waals surface area contributed by atoms with Gasteiger partial charge in [-0.05, 0) is 61.5 Å². The van der Waals surface area contributed by atoms with Gasteiger partial charge in [0, 0.05) is 41.3 Å². The number of anilines is 4. The van der Waals surface area contributed by atoms with Crippen molar-refractivity contribution in [2.75, 3.05) is 16.0 Å². The molecule has 3 N–H and O–H groups in total. The number of Topliss-reactive ketones (excluding diaryl/α,β-unsaturated/α-hetero) is 1. The van der Waals surface area contributed by atoms with Crippen LogP contribution in [0.4, 0.5) is 22.9 Å². The Balaban J connectivity index is 1.71. The Hall–Kier alpha value is -4.00. The van der Waals surface area contributed by atoms with Crippen molar-refractivity contribution in [1.82, 2.24) is 4.98 Å². The predicted octanol–water partition coefficient (Wildman–Crippen LogP) is 4.24. The molecule has 0 atom stereocenters. The van der Waals surface area contributed by atoms with Gasteiger partial charge >= 0.3 is 0 Å². The first-order chi connectivity index (χ1) is 13.9. The van der Waals surface area contributed by atoms with Gasteiger partial charge in [-0.25, -0.2) is 4.98 Å². The fraction of sp³-hybridized carbons (Fsp3) is 0.0909. The third-order valence-corrected chi connectivity index (χ3v) is 4.03. The lowest BCUT2D eigenvalue weighted by Crippen LogP contribution is -2.13. The van der Waals surface area contributed by atoms with E-state index >= 15 is 0 Å². The van der Waals surface area contributed by atoms with Crippen molar-refractivity contribution in [3.63, 3.8) is 0 Å². The van der Waals surface area contributed by atoms with E-state index in [0.717, 1.165) is 5.69 Å². The minimum absolute atomic E-state index is 0.00378. The van der Waals surface area contributed by atoms with Gasteiger partial charge in [0.2, 0.25) is 5.91 Å². The summed E-state index contributed by atoms with van der Waals surface area (Å²) in [4.78, 5) is 39.3. The van der Waals surface area contributed by atoms with Crippen LogP contribution in [0.5, 0.6) is 0 Å². The van der Waals surface area contributed by atoms with Crippen LogP contribution in [0, 0.1) is 0 Å². The fourth-order valence-electron chi connectivity index (χ4n) is 2.66. The van der Waals surface area contributed by atoms with E-state index < -0.39 is 0 Å². The quantitative estimate of drug-likeness (QED) is 0.549. The van der Waals surface area contributed by atoms with Crippen molar-refractivity contribution >= 4 is 40.5 Å². The van der Waals surface area contributed by atoms with Gasteiger partial charge in [0.25, 0.3) is 5.91 Å². The summed E-state index contributed by atoms with van der Waals surface area (Å²) < 4.78 is 0. The molecule has 0 bridgehead atoms. The SMILES string of the molecule is CC(=O)Nc1cccc(NC(=O)c2ccnc(Nc3ccc(C(C)=O)cc3)c2)c1. The lowest BCUT2D eigenvalue weighted by molar-refractivity contribution is -0.114. The Kier molecular flexibility index (Phi) is 5.99. The molecule has 146 valence electrons. The van der Waals surface area contributed by atoms with Crippen molar-refractivity contribution in [2.24, 2.45) is 0 Å². The number of aromatic nitrogens is 1. The topological polar surface area (TPSA) is 100 Å². The van der Waals surface area contributed by atoms with E-state index in [0.29, 0.717) is 28.3 Å². The number of benzene rings is 2. The zero-order chi connectivity index (χ0) is 20.8. The number of amides is 2. The van der Waals surface area contributed by atoms with Crippen LogP contribution in [0.15, 0.2) is 66.9 Å². The Bertz CT molecular complexity index is 1060. The molecule has 0 unspecified atom stereocenters. The van der Waals surface area contributed by atoms with E-state index in [1.807, 2.05) is 0 Å². The average molecular weight is 388 g/mol. The Morgan fingerprint density at radius 3 is 2.10 bits per heavy atom. The van der Waals surface area contributed by atoms with Crippen LogP contribution in [-0.2, 0) is 4.79 Å². The molecule has 7 nitrogen and oxygen atoms in total. The highest BCUT2D eigenvalue weighted by Gasteiger charge is 2.09. The predicted molar refractivity (Wildman–Crippen MR) is 113 cm³/mol. The van der Waals surface area contributed by atoms with E-state index in [4.69, 9.17) is 0 Å². The van der Waals surface area contributed by atoms with Gasteiger partial charge in [0.05, 0.1) is 0 Å². The molecular weight excluding hydrogens is 368 g/mol. The zero-order valence-electron chi connectivity index (χ0n) is 16.0. The monoisotopic (exact) mass is 388 g/mol. The third-order valence-electron chi connectivity index (χ3n) is 4.03. The maximum atomic E-state index is 12.6. The van der Waals surface area contributed by atoms with Crippen LogP contribution in [0.2, 0.25) is 0 Å². The van der Waals surface area contributed by atoms with Gasteiger partial charge in [-0.2, -0.15) is 0 Å². The molecule has 2 aromatic carbocycles. The smallest absolute Gasteiger partial charge is 0.255 e. The molecule has 29 heavy (non-hydrogen) atoms. The molecular formula is C22H20N4O3. The molecule has 7 heteroatoms. The van der Waals surface area contributed by atoms with Crippen molar-refractivity contribution in [1.29, 1.82) is 0 Å². The molecule has 0 saturated carbocycles. The van der Waals surface area contributed by atoms with Gasteiger partial charge in [-0.15, -0.1) is 0 Å². The molecule has 0 aliphatic rings. The molecule has 1 aromatic heterocycles. The molecule has 3 aromatic rings. The summed E-state index contributed by atoms with van der Waals surface area (Å²) in [5, 5.41) is 8.58. The zero-order valence-corrected chi connectivity index (χ0v) is 16.0. The molecule has 0 spiro atoms. The van der Waals surface area contributed by atoms with Gasteiger partial charge < -0.3 is 16.0 Å². The maximum absolute atomic E-state index is 12.6. The molecule has 0 saturated heterocycles. The summed E-state index contributed by atoms with van der Waals surface area (Å²) >= 11 is 0. The number of nitrogens with one attached hydrogen (secondary N) is 3. The summed E-state index contributed by atoms with van der Waals surface area (Å²) in [6.45, 7) is 2.93. The first-order valence-electron chi connectivity index (χ1n) is 8.94. The van der Waals surface area contributed by atoms with Gasteiger partial charge in [0.15, 0.2) is 5.78 Å². The number of carbonyl (C=O) groups is 3. The summed E-state index contributed by atoms with van der Waals surface area (Å²) in [6.07, 6.45) is 1.54. The van der Waals surface area contributed by atoms with E-state index in [9.17, 15) is 14.4 Å². The van der Waals surface area contributed by atoms with Crippen LogP contribution >= 0.6 is 0 Å². The van der Waals surface area contributed by atoms with E-state index in [1.165, 1.54) is 20.0 Å². The van der Waals surface area contributed by atoms with Gasteiger partial charge in [-0.1, -0.05) is 6.07 Å². The fourth-order valence-corrected chi connectivity index (χ4v) is 2.66. The summed E-state index contributed by atoms with van der Waals surface area (Å²) in [5.41, 5.74) is 2.96. The van der Waals surface area contributed by atoms with Gasteiger partial charge in [-0.3, -0.25) is 14.4 Å². The highest BCUT2D eigenvalue weighted by molar-refractivity contribution is 6.05. The molecule has 1 heterocycles. The molecule has 3 rings (SSSR count). The van der Waals surface area contributed by atoms with E-state index in [1.54, 1.807) is 60.7 Å². The van der Waals surface area contributed by atoms with Crippen molar-refractivity contribution in [3.05, 3.63) is 78.0 Å². The normalized spacial score (nSPS) is 10.1. The Morgan fingerprint density at radius 2 is 1.45 bits per heavy atom. The van der Waals surface area contributed by atoms with E-state index in [2.05, 4.69) is 20.9 Å².